The van der Waals surface area contributed by atoms with Gasteiger partial charge in [0.2, 0.25) is 0 Å². The van der Waals surface area contributed by atoms with Crippen molar-refractivity contribution in [3.05, 3.63) is 0 Å². The summed E-state index contributed by atoms with van der Waals surface area (Å²) in [7, 11) is -1.94. The van der Waals surface area contributed by atoms with Crippen molar-refractivity contribution in [2.75, 3.05) is 13.2 Å². The quantitative estimate of drug-likeness (QED) is 0.263. The highest BCUT2D eigenvalue weighted by atomic mass is 28.4. The Hall–Kier alpha value is -0.353. The third-order valence-corrected chi connectivity index (χ3v) is 7.51. The molecule has 0 saturated carbocycles. The normalized spacial score (nSPS) is 13.2. The molecule has 0 aromatic carbocycles. The second-order valence-electron chi connectivity index (χ2n) is 6.40. The van der Waals surface area contributed by atoms with E-state index in [1.165, 1.54) is 44.9 Å². The largest absolute Gasteiger partial charge is 0.466 e. The van der Waals surface area contributed by atoms with Crippen molar-refractivity contribution >= 4 is 14.3 Å². The van der Waals surface area contributed by atoms with Crippen molar-refractivity contribution in [1.82, 2.24) is 0 Å². The minimum absolute atomic E-state index is 0.0805. The highest BCUT2D eigenvalue weighted by molar-refractivity contribution is 6.75. The Bertz CT molecular complexity index is 267. The summed E-state index contributed by atoms with van der Waals surface area (Å²) in [5.74, 6) is -0.0805. The minimum Gasteiger partial charge on any atom is -0.466 e. The van der Waals surface area contributed by atoms with Gasteiger partial charge in [0.25, 0.3) is 0 Å². The summed E-state index contributed by atoms with van der Waals surface area (Å²) in [6.45, 7) is 11.6. The first-order valence-corrected chi connectivity index (χ1v) is 11.7. The molecular weight excluding hydrogens is 280 g/mol. The number of carbonyl (C=O) groups excluding carboxylic acids is 1. The zero-order valence-corrected chi connectivity index (χ0v) is 15.9. The molecular formula is C17H36O3Si. The molecule has 0 saturated heterocycles. The van der Waals surface area contributed by atoms with Gasteiger partial charge < -0.3 is 9.16 Å². The van der Waals surface area contributed by atoms with E-state index >= 15 is 0 Å². The van der Waals surface area contributed by atoms with E-state index in [-0.39, 0.29) is 11.5 Å². The van der Waals surface area contributed by atoms with E-state index in [9.17, 15) is 4.79 Å². The number of ether oxygens (including phenoxy) is 1. The van der Waals surface area contributed by atoms with Gasteiger partial charge in [-0.2, -0.15) is 0 Å². The Morgan fingerprint density at radius 1 is 0.952 bits per heavy atom. The molecule has 0 aromatic heterocycles. The molecule has 0 rings (SSSR count). The molecule has 0 fully saturated rings. The predicted octanol–water partition coefficient (Wildman–Crippen LogP) is 5.30. The Kier molecular flexibility index (Phi) is 12.0. The Balaban J connectivity index is 3.61. The van der Waals surface area contributed by atoms with Gasteiger partial charge in [0, 0.05) is 6.61 Å². The number of esters is 1. The molecule has 0 bridgehead atoms. The molecule has 0 aliphatic carbocycles. The summed E-state index contributed by atoms with van der Waals surface area (Å²) in [5.41, 5.74) is -0.0912. The molecule has 0 radical (unpaired) electrons. The molecule has 1 unspecified atom stereocenters. The molecule has 0 aromatic rings. The summed E-state index contributed by atoms with van der Waals surface area (Å²) >= 11 is 0. The Morgan fingerprint density at radius 3 is 2.00 bits per heavy atom. The van der Waals surface area contributed by atoms with Crippen LogP contribution in [0.2, 0.25) is 18.6 Å². The number of carbonyl (C=O) groups is 1. The van der Waals surface area contributed by atoms with Crippen LogP contribution in [-0.2, 0) is 14.0 Å². The molecule has 0 heterocycles. The molecule has 21 heavy (non-hydrogen) atoms. The average molecular weight is 317 g/mol. The highest BCUT2D eigenvalue weighted by Crippen LogP contribution is 2.24. The molecule has 0 spiro atoms. The maximum atomic E-state index is 12.0. The van der Waals surface area contributed by atoms with Gasteiger partial charge in [-0.3, -0.25) is 4.79 Å². The Morgan fingerprint density at radius 2 is 1.48 bits per heavy atom. The molecule has 3 nitrogen and oxygen atoms in total. The smallest absolute Gasteiger partial charge is 0.308 e. The molecule has 126 valence electrons. The highest BCUT2D eigenvalue weighted by Gasteiger charge is 2.36. The van der Waals surface area contributed by atoms with Crippen molar-refractivity contribution in [3.8, 4) is 0 Å². The van der Waals surface area contributed by atoms with E-state index in [4.69, 9.17) is 9.16 Å². The van der Waals surface area contributed by atoms with Crippen molar-refractivity contribution in [2.45, 2.75) is 90.8 Å². The third-order valence-electron chi connectivity index (χ3n) is 4.15. The summed E-state index contributed by atoms with van der Waals surface area (Å²) in [5, 5.41) is 0. The van der Waals surface area contributed by atoms with Gasteiger partial charge in [-0.1, -0.05) is 58.8 Å². The minimum atomic E-state index is -1.94. The van der Waals surface area contributed by atoms with E-state index in [1.54, 1.807) is 0 Å². The van der Waals surface area contributed by atoms with Gasteiger partial charge in [-0.05, 0) is 26.4 Å². The maximum Gasteiger partial charge on any atom is 0.308 e. The average Bonchev–Trinajstić information content (AvgIpc) is 2.44. The zero-order valence-electron chi connectivity index (χ0n) is 14.9. The van der Waals surface area contributed by atoms with Crippen LogP contribution < -0.4 is 0 Å². The molecule has 4 heteroatoms. The van der Waals surface area contributed by atoms with Gasteiger partial charge in [-0.25, -0.2) is 0 Å². The number of rotatable bonds is 13. The van der Waals surface area contributed by atoms with Gasteiger partial charge in [0.15, 0.2) is 8.32 Å². The van der Waals surface area contributed by atoms with Crippen LogP contribution in [-0.4, -0.2) is 27.5 Å². The first-order valence-electron chi connectivity index (χ1n) is 8.76. The standard InChI is InChI=1S/C17H36O3Si/c1-6-8-9-10-11-12-13-14-15-19-17(18)16(3)21(4,5)20-7-2/h16H,6-15H2,1-5H3. The van der Waals surface area contributed by atoms with Crippen LogP contribution in [0.3, 0.4) is 0 Å². The van der Waals surface area contributed by atoms with E-state index < -0.39 is 8.32 Å². The molecule has 0 aliphatic heterocycles. The molecule has 0 amide bonds. The van der Waals surface area contributed by atoms with Crippen molar-refractivity contribution in [3.63, 3.8) is 0 Å². The molecule has 0 aliphatic rings. The summed E-state index contributed by atoms with van der Waals surface area (Å²) in [6.07, 6.45) is 10.1. The fraction of sp³-hybridized carbons (Fsp3) is 0.941. The zero-order chi connectivity index (χ0) is 16.1. The summed E-state index contributed by atoms with van der Waals surface area (Å²) in [4.78, 5) is 12.0. The lowest BCUT2D eigenvalue weighted by atomic mass is 10.1. The summed E-state index contributed by atoms with van der Waals surface area (Å²) in [6, 6.07) is 0. The van der Waals surface area contributed by atoms with Crippen LogP contribution in [0.4, 0.5) is 0 Å². The number of hydrogen-bond donors (Lipinski definition) is 0. The van der Waals surface area contributed by atoms with Crippen LogP contribution in [0.15, 0.2) is 0 Å². The van der Waals surface area contributed by atoms with Crippen molar-refractivity contribution in [2.24, 2.45) is 0 Å². The number of hydrogen-bond acceptors (Lipinski definition) is 3. The van der Waals surface area contributed by atoms with Crippen LogP contribution in [0.5, 0.6) is 0 Å². The van der Waals surface area contributed by atoms with Crippen LogP contribution in [0, 0.1) is 0 Å². The third kappa shape index (κ3) is 10.1. The van der Waals surface area contributed by atoms with Gasteiger partial charge in [0.05, 0.1) is 12.1 Å². The topological polar surface area (TPSA) is 35.5 Å². The van der Waals surface area contributed by atoms with Crippen LogP contribution >= 0.6 is 0 Å². The van der Waals surface area contributed by atoms with Gasteiger partial charge in [0.1, 0.15) is 0 Å². The van der Waals surface area contributed by atoms with Crippen LogP contribution in [0.1, 0.15) is 72.1 Å². The lowest BCUT2D eigenvalue weighted by Crippen LogP contribution is -2.39. The summed E-state index contributed by atoms with van der Waals surface area (Å²) < 4.78 is 11.1. The van der Waals surface area contributed by atoms with Gasteiger partial charge >= 0.3 is 5.97 Å². The molecule has 0 N–H and O–H groups in total. The lowest BCUT2D eigenvalue weighted by molar-refractivity contribution is -0.143. The fourth-order valence-corrected chi connectivity index (χ4v) is 3.96. The van der Waals surface area contributed by atoms with E-state index in [1.807, 2.05) is 13.8 Å². The van der Waals surface area contributed by atoms with Gasteiger partial charge in [-0.15, -0.1) is 0 Å². The monoisotopic (exact) mass is 316 g/mol. The first-order chi connectivity index (χ1) is 9.95. The van der Waals surface area contributed by atoms with E-state index in [2.05, 4.69) is 20.0 Å². The van der Waals surface area contributed by atoms with E-state index in [0.717, 1.165) is 6.42 Å². The lowest BCUT2D eigenvalue weighted by Gasteiger charge is -2.27. The second-order valence-corrected chi connectivity index (χ2v) is 10.8. The molecule has 1 atom stereocenters. The van der Waals surface area contributed by atoms with Crippen molar-refractivity contribution < 1.29 is 14.0 Å². The van der Waals surface area contributed by atoms with Crippen molar-refractivity contribution in [1.29, 1.82) is 0 Å². The number of unbranched alkanes of at least 4 members (excludes halogenated alkanes) is 7. The Labute approximate surface area is 132 Å². The SMILES string of the molecule is CCCCCCCCCCOC(=O)C(C)[Si](C)(C)OCC. The maximum absolute atomic E-state index is 12.0. The van der Waals surface area contributed by atoms with Crippen LogP contribution in [0.25, 0.3) is 0 Å². The fourth-order valence-electron chi connectivity index (χ4n) is 2.31. The predicted molar refractivity (Wildman–Crippen MR) is 92.1 cm³/mol. The van der Waals surface area contributed by atoms with E-state index in [0.29, 0.717) is 13.2 Å². The first kappa shape index (κ1) is 20.6. The second kappa shape index (κ2) is 12.2.